The van der Waals surface area contributed by atoms with E-state index in [9.17, 15) is 10.1 Å². The molecule has 0 saturated carbocycles. The molecule has 7 nitrogen and oxygen atoms in total. The average Bonchev–Trinajstić information content (AvgIpc) is 3.30. The van der Waals surface area contributed by atoms with Crippen molar-refractivity contribution in [2.45, 2.75) is 0 Å². The van der Waals surface area contributed by atoms with Gasteiger partial charge in [-0.25, -0.2) is 9.97 Å². The van der Waals surface area contributed by atoms with E-state index >= 15 is 0 Å². The summed E-state index contributed by atoms with van der Waals surface area (Å²) in [4.78, 5) is 27.3. The van der Waals surface area contributed by atoms with Gasteiger partial charge < -0.3 is 4.74 Å². The van der Waals surface area contributed by atoms with Crippen molar-refractivity contribution in [3.63, 3.8) is 0 Å². The van der Waals surface area contributed by atoms with Crippen molar-refractivity contribution >= 4 is 44.3 Å². The number of anilines is 1. The fourth-order valence-corrected chi connectivity index (χ4v) is 4.57. The summed E-state index contributed by atoms with van der Waals surface area (Å²) in [5, 5.41) is 13.3. The lowest BCUT2D eigenvalue weighted by Crippen LogP contribution is -2.13. The highest BCUT2D eigenvalue weighted by molar-refractivity contribution is 7.22. The van der Waals surface area contributed by atoms with Crippen LogP contribution >= 0.6 is 22.9 Å². The first kappa shape index (κ1) is 22.5. The van der Waals surface area contributed by atoms with Gasteiger partial charge in [0.05, 0.1) is 30.0 Å². The van der Waals surface area contributed by atoms with Gasteiger partial charge in [0.2, 0.25) is 0 Å². The molecule has 1 amide bonds. The zero-order valence-electron chi connectivity index (χ0n) is 18.3. The highest BCUT2D eigenvalue weighted by atomic mass is 35.5. The van der Waals surface area contributed by atoms with Crippen LogP contribution in [0.3, 0.4) is 0 Å². The fourth-order valence-electron chi connectivity index (χ4n) is 3.61. The molecular formula is C26H16ClN5O2S. The van der Waals surface area contributed by atoms with Gasteiger partial charge >= 0.3 is 0 Å². The van der Waals surface area contributed by atoms with Crippen molar-refractivity contribution in [3.8, 4) is 34.2 Å². The minimum Gasteiger partial charge on any atom is -0.496 e. The van der Waals surface area contributed by atoms with E-state index in [1.807, 2.05) is 36.4 Å². The van der Waals surface area contributed by atoms with E-state index in [-0.39, 0.29) is 5.91 Å². The zero-order chi connectivity index (χ0) is 24.4. The summed E-state index contributed by atoms with van der Waals surface area (Å²) < 4.78 is 5.45. The van der Waals surface area contributed by atoms with Crippen LogP contribution in [-0.4, -0.2) is 28.0 Å². The first-order valence-electron chi connectivity index (χ1n) is 10.4. The summed E-state index contributed by atoms with van der Waals surface area (Å²) in [6.07, 6.45) is 3.11. The lowest BCUT2D eigenvalue weighted by atomic mass is 9.99. The maximum Gasteiger partial charge on any atom is 0.258 e. The Morgan fingerprint density at radius 3 is 2.66 bits per heavy atom. The quantitative estimate of drug-likeness (QED) is 0.310. The molecule has 1 N–H and O–H groups in total. The Morgan fingerprint density at radius 2 is 1.89 bits per heavy atom. The van der Waals surface area contributed by atoms with E-state index in [1.54, 1.807) is 30.5 Å². The largest absolute Gasteiger partial charge is 0.496 e. The zero-order valence-corrected chi connectivity index (χ0v) is 19.9. The van der Waals surface area contributed by atoms with Gasteiger partial charge in [0.25, 0.3) is 5.91 Å². The summed E-state index contributed by atoms with van der Waals surface area (Å²) in [6.45, 7) is 0. The van der Waals surface area contributed by atoms with Crippen molar-refractivity contribution in [3.05, 3.63) is 89.2 Å². The SMILES string of the molecule is COc1ccc(C#N)cc1-c1cnccc1C(=O)Nc1nc2ccc(-c3ccc(Cl)cc3)nc2s1. The molecule has 0 spiro atoms. The molecule has 0 aliphatic carbocycles. The molecule has 2 aromatic carbocycles. The number of nitriles is 1. The first-order chi connectivity index (χ1) is 17.1. The number of amides is 1. The number of fused-ring (bicyclic) bond motifs is 1. The summed E-state index contributed by atoms with van der Waals surface area (Å²) in [7, 11) is 1.54. The van der Waals surface area contributed by atoms with Crippen LogP contribution in [0.2, 0.25) is 5.02 Å². The summed E-state index contributed by atoms with van der Waals surface area (Å²) in [6, 6.07) is 19.9. The number of carbonyl (C=O) groups is 1. The predicted octanol–water partition coefficient (Wildman–Crippen LogP) is 6.21. The van der Waals surface area contributed by atoms with Crippen molar-refractivity contribution in [1.29, 1.82) is 5.26 Å². The molecule has 3 heterocycles. The topological polar surface area (TPSA) is 101 Å². The molecule has 3 aromatic heterocycles. The number of methoxy groups -OCH3 is 1. The Kier molecular flexibility index (Phi) is 6.10. The summed E-state index contributed by atoms with van der Waals surface area (Å²) in [5.41, 5.74) is 4.38. The Labute approximate surface area is 209 Å². The molecule has 0 aliphatic heterocycles. The Morgan fingerprint density at radius 1 is 1.06 bits per heavy atom. The van der Waals surface area contributed by atoms with Gasteiger partial charge in [0.15, 0.2) is 5.13 Å². The normalized spacial score (nSPS) is 10.7. The number of aromatic nitrogens is 3. The third kappa shape index (κ3) is 4.55. The number of rotatable bonds is 5. The van der Waals surface area contributed by atoms with Gasteiger partial charge in [0.1, 0.15) is 16.1 Å². The second-order valence-corrected chi connectivity index (χ2v) is 8.86. The van der Waals surface area contributed by atoms with E-state index in [1.165, 1.54) is 24.6 Å². The highest BCUT2D eigenvalue weighted by Crippen LogP contribution is 2.34. The van der Waals surface area contributed by atoms with Crippen LogP contribution in [0.1, 0.15) is 15.9 Å². The number of hydrogen-bond acceptors (Lipinski definition) is 7. The Bertz CT molecular complexity index is 1610. The van der Waals surface area contributed by atoms with Crippen molar-refractivity contribution in [1.82, 2.24) is 15.0 Å². The molecule has 5 aromatic rings. The van der Waals surface area contributed by atoms with Gasteiger partial charge in [-0.15, -0.1) is 0 Å². The number of halogens is 1. The van der Waals surface area contributed by atoms with E-state index < -0.39 is 0 Å². The minimum absolute atomic E-state index is 0.358. The Balaban J connectivity index is 1.46. The highest BCUT2D eigenvalue weighted by Gasteiger charge is 2.18. The maximum atomic E-state index is 13.2. The smallest absolute Gasteiger partial charge is 0.258 e. The van der Waals surface area contributed by atoms with Crippen LogP contribution in [0, 0.1) is 11.3 Å². The number of nitrogens with zero attached hydrogens (tertiary/aromatic N) is 4. The lowest BCUT2D eigenvalue weighted by molar-refractivity contribution is 0.102. The number of thiazole rings is 1. The molecule has 0 unspecified atom stereocenters. The first-order valence-corrected chi connectivity index (χ1v) is 11.6. The molecule has 0 bridgehead atoms. The number of hydrogen-bond donors (Lipinski definition) is 1. The van der Waals surface area contributed by atoms with Crippen LogP contribution in [-0.2, 0) is 0 Å². The van der Waals surface area contributed by atoms with Crippen LogP contribution < -0.4 is 10.1 Å². The Hall–Kier alpha value is -4.32. The number of benzene rings is 2. The standard InChI is InChI=1S/C26H16ClN5O2S/c1-34-23-9-2-15(13-28)12-19(23)20-14-29-11-10-18(20)24(33)32-26-31-22-8-7-21(30-25(22)35-26)16-3-5-17(27)6-4-16/h2-12,14H,1H3,(H,31,32,33). The van der Waals surface area contributed by atoms with Gasteiger partial charge in [-0.2, -0.15) is 5.26 Å². The van der Waals surface area contributed by atoms with Gasteiger partial charge in [0, 0.05) is 34.1 Å². The van der Waals surface area contributed by atoms with E-state index in [4.69, 9.17) is 16.3 Å². The molecule has 0 fully saturated rings. The van der Waals surface area contributed by atoms with E-state index in [0.29, 0.717) is 48.5 Å². The second kappa shape index (κ2) is 9.50. The molecule has 0 aliphatic rings. The van der Waals surface area contributed by atoms with Gasteiger partial charge in [-0.1, -0.05) is 35.1 Å². The van der Waals surface area contributed by atoms with Gasteiger partial charge in [-0.3, -0.25) is 15.1 Å². The van der Waals surface area contributed by atoms with Crippen molar-refractivity contribution < 1.29 is 9.53 Å². The van der Waals surface area contributed by atoms with Crippen LogP contribution in [0.25, 0.3) is 32.7 Å². The number of ether oxygens (including phenoxy) is 1. The minimum atomic E-state index is -0.358. The molecule has 0 saturated heterocycles. The predicted molar refractivity (Wildman–Crippen MR) is 137 cm³/mol. The lowest BCUT2D eigenvalue weighted by Gasteiger charge is -2.12. The van der Waals surface area contributed by atoms with Crippen LogP contribution in [0.5, 0.6) is 5.75 Å². The average molecular weight is 498 g/mol. The number of pyridine rings is 2. The fraction of sp³-hybridized carbons (Fsp3) is 0.0385. The molecule has 0 atom stereocenters. The molecule has 35 heavy (non-hydrogen) atoms. The van der Waals surface area contributed by atoms with E-state index in [0.717, 1.165) is 11.3 Å². The summed E-state index contributed by atoms with van der Waals surface area (Å²) in [5.74, 6) is 0.175. The summed E-state index contributed by atoms with van der Waals surface area (Å²) >= 11 is 7.27. The molecule has 0 radical (unpaired) electrons. The molecule has 5 rings (SSSR count). The maximum absolute atomic E-state index is 13.2. The van der Waals surface area contributed by atoms with E-state index in [2.05, 4.69) is 26.3 Å². The molecular weight excluding hydrogens is 482 g/mol. The monoisotopic (exact) mass is 497 g/mol. The number of nitrogens with one attached hydrogen (secondary N) is 1. The van der Waals surface area contributed by atoms with Crippen molar-refractivity contribution in [2.75, 3.05) is 12.4 Å². The van der Waals surface area contributed by atoms with Crippen molar-refractivity contribution in [2.24, 2.45) is 0 Å². The second-order valence-electron chi connectivity index (χ2n) is 7.45. The molecule has 170 valence electrons. The third-order valence-corrected chi connectivity index (χ3v) is 6.43. The number of carbonyl (C=O) groups excluding carboxylic acids is 1. The third-order valence-electron chi connectivity index (χ3n) is 5.30. The van der Waals surface area contributed by atoms with Gasteiger partial charge in [-0.05, 0) is 48.5 Å². The van der Waals surface area contributed by atoms with Crippen LogP contribution in [0.15, 0.2) is 73.1 Å². The van der Waals surface area contributed by atoms with Crippen LogP contribution in [0.4, 0.5) is 5.13 Å². The molecule has 9 heteroatoms.